The molecule has 0 aromatic rings. The molecule has 9 nitrogen and oxygen atoms in total. The van der Waals surface area contributed by atoms with Gasteiger partial charge in [-0.05, 0) is 113 Å². The van der Waals surface area contributed by atoms with Crippen LogP contribution < -0.4 is 0 Å². The maximum Gasteiger partial charge on any atom is 0.306 e. The number of esters is 2. The number of rotatable bonds is 48. The molecule has 0 amide bonds. The number of carbonyl (C=O) groups is 3. The van der Waals surface area contributed by atoms with Gasteiger partial charge in [-0.3, -0.25) is 19.3 Å². The Hall–Kier alpha value is -1.28. The molecule has 0 radical (unpaired) electrons. The van der Waals surface area contributed by atoms with Crippen molar-refractivity contribution in [1.82, 2.24) is 4.90 Å². The van der Waals surface area contributed by atoms with Crippen molar-refractivity contribution in [2.45, 2.75) is 335 Å². The second-order valence-electron chi connectivity index (χ2n) is 24.4. The Morgan fingerprint density at radius 2 is 0.800 bits per heavy atom. The van der Waals surface area contributed by atoms with Gasteiger partial charge in [-0.15, -0.1) is 0 Å². The van der Waals surface area contributed by atoms with Crippen LogP contribution in [-0.4, -0.2) is 89.1 Å². The van der Waals surface area contributed by atoms with E-state index in [0.717, 1.165) is 90.1 Å². The summed E-state index contributed by atoms with van der Waals surface area (Å²) in [5.41, 5.74) is 0. The van der Waals surface area contributed by atoms with Crippen LogP contribution in [0, 0.1) is 0 Å². The Bertz CT molecular complexity index is 1270. The largest absolute Gasteiger partial charge is 0.481 e. The van der Waals surface area contributed by atoms with Gasteiger partial charge in [0.2, 0.25) is 0 Å². The summed E-state index contributed by atoms with van der Waals surface area (Å²) in [6.45, 7) is 32.5. The van der Waals surface area contributed by atoms with Crippen LogP contribution in [0.3, 0.4) is 0 Å². The van der Waals surface area contributed by atoms with Crippen LogP contribution in [0.25, 0.3) is 0 Å². The molecular weight excluding hydrogens is 907 g/mol. The van der Waals surface area contributed by atoms with Crippen molar-refractivity contribution >= 4 is 34.5 Å². The number of hydrogen-bond acceptors (Lipinski definition) is 8. The van der Waals surface area contributed by atoms with Gasteiger partial charge in [-0.2, -0.15) is 0 Å². The van der Waals surface area contributed by atoms with Crippen LogP contribution in [0.15, 0.2) is 0 Å². The minimum absolute atomic E-state index is 0.00379. The summed E-state index contributed by atoms with van der Waals surface area (Å²) in [6.07, 6.45) is 35.5. The summed E-state index contributed by atoms with van der Waals surface area (Å²) in [7, 11) is -4.33. The predicted octanol–water partition coefficient (Wildman–Crippen LogP) is 17.9. The molecule has 0 aliphatic carbocycles. The number of hydrogen-bond donors (Lipinski definition) is 1. The van der Waals surface area contributed by atoms with Gasteiger partial charge in [0.15, 0.2) is 16.6 Å². The highest BCUT2D eigenvalue weighted by molar-refractivity contribution is 6.74. The summed E-state index contributed by atoms with van der Waals surface area (Å²) in [5, 5.41) is 9.56. The van der Waals surface area contributed by atoms with Gasteiger partial charge in [-0.1, -0.05) is 191 Å². The molecule has 0 aliphatic heterocycles. The van der Waals surface area contributed by atoms with E-state index in [4.69, 9.17) is 18.3 Å². The standard InChI is InChI=1S/C59H119NO8Si2/c1-14-17-20-23-26-27-28-31-39-49-65-56(63)47-40-44-54(68-70(12,13)59(7,8)9)51-60(48-38-37-45-55(61)62)50-53(67-69(10,11)58(4,5)6)43-35-32-36-46-57(64)66-52(41-33-29-24-21-18-15-2)42-34-30-25-22-19-16-3/h52-54H,14-51H2,1-13H3,(H,61,62). The monoisotopic (exact) mass is 1030 g/mol. The molecule has 0 saturated carbocycles. The topological polar surface area (TPSA) is 112 Å². The first-order valence-corrected chi connectivity index (χ1v) is 35.5. The lowest BCUT2D eigenvalue weighted by Gasteiger charge is -2.42. The highest BCUT2D eigenvalue weighted by Crippen LogP contribution is 2.39. The van der Waals surface area contributed by atoms with E-state index in [1.54, 1.807) is 0 Å². The molecule has 2 atom stereocenters. The molecule has 0 spiro atoms. The Labute approximate surface area is 436 Å². The molecule has 2 unspecified atom stereocenters. The average Bonchev–Trinajstić information content (AvgIpc) is 3.26. The number of unbranched alkanes of at least 4 members (excludes halogenated alkanes) is 21. The highest BCUT2D eigenvalue weighted by Gasteiger charge is 2.41. The number of ether oxygens (including phenoxy) is 2. The minimum Gasteiger partial charge on any atom is -0.481 e. The van der Waals surface area contributed by atoms with Crippen molar-refractivity contribution in [3.05, 3.63) is 0 Å². The lowest BCUT2D eigenvalue weighted by atomic mass is 10.0. The second-order valence-corrected chi connectivity index (χ2v) is 33.9. The maximum atomic E-state index is 13.3. The summed E-state index contributed by atoms with van der Waals surface area (Å²) in [4.78, 5) is 40.3. The second kappa shape index (κ2) is 41.0. The molecule has 416 valence electrons. The predicted molar refractivity (Wildman–Crippen MR) is 303 cm³/mol. The zero-order valence-electron chi connectivity index (χ0n) is 48.9. The molecule has 0 aromatic carbocycles. The van der Waals surface area contributed by atoms with Gasteiger partial charge in [0.25, 0.3) is 0 Å². The van der Waals surface area contributed by atoms with E-state index in [9.17, 15) is 19.5 Å². The first-order chi connectivity index (χ1) is 33.1. The van der Waals surface area contributed by atoms with Crippen LogP contribution in [0.4, 0.5) is 0 Å². The zero-order chi connectivity index (χ0) is 52.7. The molecule has 1 N–H and O–H groups in total. The number of aliphatic carboxylic acids is 1. The summed E-state index contributed by atoms with van der Waals surface area (Å²) in [6, 6.07) is 0. The van der Waals surface area contributed by atoms with Crippen molar-refractivity contribution in [2.75, 3.05) is 26.2 Å². The normalized spacial score (nSPS) is 13.6. The van der Waals surface area contributed by atoms with E-state index in [1.807, 2.05) is 0 Å². The Balaban J connectivity index is 5.88. The van der Waals surface area contributed by atoms with E-state index in [1.165, 1.54) is 109 Å². The molecule has 0 aliphatic rings. The molecular formula is C59H119NO8Si2. The number of carbonyl (C=O) groups excluding carboxylic acids is 2. The van der Waals surface area contributed by atoms with Crippen molar-refractivity contribution in [2.24, 2.45) is 0 Å². The number of nitrogens with zero attached hydrogens (tertiary/aromatic N) is 1. The third kappa shape index (κ3) is 37.5. The molecule has 0 bridgehead atoms. The molecule has 0 aromatic heterocycles. The molecule has 11 heteroatoms. The van der Waals surface area contributed by atoms with Crippen molar-refractivity contribution < 1.29 is 37.8 Å². The van der Waals surface area contributed by atoms with Crippen molar-refractivity contribution in [1.29, 1.82) is 0 Å². The van der Waals surface area contributed by atoms with Gasteiger partial charge >= 0.3 is 17.9 Å². The molecule has 0 heterocycles. The molecule has 0 saturated heterocycles. The van der Waals surface area contributed by atoms with E-state index in [2.05, 4.69) is 93.4 Å². The maximum absolute atomic E-state index is 13.3. The van der Waals surface area contributed by atoms with E-state index in [-0.39, 0.29) is 46.7 Å². The Morgan fingerprint density at radius 3 is 1.23 bits per heavy atom. The third-order valence-electron chi connectivity index (χ3n) is 15.5. The summed E-state index contributed by atoms with van der Waals surface area (Å²) in [5.74, 6) is -0.915. The lowest BCUT2D eigenvalue weighted by molar-refractivity contribution is -0.150. The van der Waals surface area contributed by atoms with E-state index >= 15 is 0 Å². The van der Waals surface area contributed by atoms with Gasteiger partial charge in [0.05, 0.1) is 18.8 Å². The van der Waals surface area contributed by atoms with Gasteiger partial charge in [-0.25, -0.2) is 0 Å². The van der Waals surface area contributed by atoms with Crippen LogP contribution in [0.5, 0.6) is 0 Å². The van der Waals surface area contributed by atoms with Crippen molar-refractivity contribution in [3.8, 4) is 0 Å². The average molecular weight is 1030 g/mol. The van der Waals surface area contributed by atoms with E-state index < -0.39 is 22.6 Å². The van der Waals surface area contributed by atoms with Crippen LogP contribution in [0.2, 0.25) is 36.3 Å². The fourth-order valence-electron chi connectivity index (χ4n) is 8.78. The van der Waals surface area contributed by atoms with Crippen LogP contribution in [0.1, 0.15) is 281 Å². The van der Waals surface area contributed by atoms with Gasteiger partial charge in [0.1, 0.15) is 6.10 Å². The third-order valence-corrected chi connectivity index (χ3v) is 24.5. The zero-order valence-corrected chi connectivity index (χ0v) is 50.9. The molecule has 0 fully saturated rings. The Kier molecular flexibility index (Phi) is 40.3. The number of carboxylic acid groups (broad SMARTS) is 1. The minimum atomic E-state index is -2.17. The van der Waals surface area contributed by atoms with Crippen LogP contribution >= 0.6 is 0 Å². The quantitative estimate of drug-likeness (QED) is 0.0362. The fraction of sp³-hybridized carbons (Fsp3) is 0.949. The van der Waals surface area contributed by atoms with Crippen molar-refractivity contribution in [3.63, 3.8) is 0 Å². The summed E-state index contributed by atoms with van der Waals surface area (Å²) < 4.78 is 26.3. The SMILES string of the molecule is CCCCCCCCCCCOC(=O)CCCC(CN(CCCCC(=O)O)CC(CCCCCC(=O)OC(CCCCCCCC)CCCCCCCC)O[Si](C)(C)C(C)(C)C)O[Si](C)(C)C(C)(C)C. The first-order valence-electron chi connectivity index (χ1n) is 29.7. The fourth-order valence-corrected chi connectivity index (χ4v) is 11.5. The van der Waals surface area contributed by atoms with E-state index in [0.29, 0.717) is 38.8 Å². The lowest BCUT2D eigenvalue weighted by Crippen LogP contribution is -2.50. The first kappa shape index (κ1) is 68.7. The molecule has 70 heavy (non-hydrogen) atoms. The number of carboxylic acids is 1. The van der Waals surface area contributed by atoms with Crippen LogP contribution in [-0.2, 0) is 32.7 Å². The van der Waals surface area contributed by atoms with Gasteiger partial charge < -0.3 is 23.4 Å². The molecule has 0 rings (SSSR count). The highest BCUT2D eigenvalue weighted by atomic mass is 28.4. The van der Waals surface area contributed by atoms with Gasteiger partial charge in [0, 0.05) is 32.4 Å². The summed E-state index contributed by atoms with van der Waals surface area (Å²) >= 11 is 0. The smallest absolute Gasteiger partial charge is 0.306 e. The Morgan fingerprint density at radius 1 is 0.443 bits per heavy atom.